The molecular formula is C104H68N2O2. The summed E-state index contributed by atoms with van der Waals surface area (Å²) < 4.78 is 14.2. The molecule has 0 unspecified atom stereocenters. The largest absolute Gasteiger partial charge is 0.453 e. The Morgan fingerprint density at radius 1 is 0.157 bits per heavy atom. The molecule has 0 atom stereocenters. The van der Waals surface area contributed by atoms with Gasteiger partial charge >= 0.3 is 0 Å². The van der Waals surface area contributed by atoms with E-state index in [2.05, 4.69) is 422 Å². The van der Waals surface area contributed by atoms with Crippen molar-refractivity contribution in [3.63, 3.8) is 0 Å². The quantitative estimate of drug-likeness (QED) is 0.122. The summed E-state index contributed by atoms with van der Waals surface area (Å²) in [5.74, 6) is 0. The topological polar surface area (TPSA) is 32.8 Å². The number of hydrogen-bond acceptors (Lipinski definition) is 4. The van der Waals surface area contributed by atoms with Crippen molar-refractivity contribution < 1.29 is 8.83 Å². The Balaban J connectivity index is 0.000000143. The monoisotopic (exact) mass is 1380 g/mol. The van der Waals surface area contributed by atoms with Crippen LogP contribution in [0.4, 0.5) is 34.1 Å². The van der Waals surface area contributed by atoms with Gasteiger partial charge in [-0.1, -0.05) is 328 Å². The van der Waals surface area contributed by atoms with Crippen LogP contribution in [0.1, 0.15) is 0 Å². The molecule has 19 aromatic carbocycles. The third-order valence-electron chi connectivity index (χ3n) is 21.5. The molecule has 0 radical (unpaired) electrons. The Morgan fingerprint density at radius 3 is 0.889 bits per heavy atom. The average Bonchev–Trinajstić information content (AvgIpc) is 1.57. The molecule has 0 saturated carbocycles. The fourth-order valence-corrected chi connectivity index (χ4v) is 16.2. The third kappa shape index (κ3) is 11.4. The molecule has 0 saturated heterocycles. The minimum atomic E-state index is 0.855. The van der Waals surface area contributed by atoms with Crippen LogP contribution in [-0.4, -0.2) is 0 Å². The summed E-state index contributed by atoms with van der Waals surface area (Å²) >= 11 is 0. The second-order valence-electron chi connectivity index (χ2n) is 27.8. The number of benzene rings is 19. The molecule has 0 spiro atoms. The SMILES string of the molecule is c1ccc(-c2cc3ccccc3c3c2oc2c(N(c4ccc(-c5ccc6ccccc6c5)cc4)c4ccc(-c5ccc6ccccc6c5)cc4)cccc23)cc1.c1ccc(-c2ccc(N(c3ccc(-c4cccc5ccccc45)cc3)c3cccc4c3oc3c(-c5ccccc5)cc5ccccc5c34)cc2)cc1. The summed E-state index contributed by atoms with van der Waals surface area (Å²) in [7, 11) is 0. The molecule has 0 aliphatic carbocycles. The highest BCUT2D eigenvalue weighted by Gasteiger charge is 2.26. The van der Waals surface area contributed by atoms with Crippen molar-refractivity contribution in [3.8, 4) is 66.8 Å². The van der Waals surface area contributed by atoms with E-state index in [-0.39, 0.29) is 0 Å². The molecule has 2 heterocycles. The number of para-hydroxylation sites is 2. The Bertz CT molecular complexity index is 6820. The van der Waals surface area contributed by atoms with Crippen molar-refractivity contribution in [1.82, 2.24) is 0 Å². The molecule has 0 amide bonds. The van der Waals surface area contributed by atoms with Crippen LogP contribution in [0.5, 0.6) is 0 Å². The molecule has 4 heteroatoms. The lowest BCUT2D eigenvalue weighted by molar-refractivity contribution is 0.670. The second kappa shape index (κ2) is 27.1. The van der Waals surface area contributed by atoms with Crippen LogP contribution >= 0.6 is 0 Å². The molecule has 0 aliphatic rings. The molecule has 21 rings (SSSR count). The molecule has 2 aromatic heterocycles. The Hall–Kier alpha value is -14.3. The highest BCUT2D eigenvalue weighted by atomic mass is 16.3. The van der Waals surface area contributed by atoms with Gasteiger partial charge in [0.1, 0.15) is 11.2 Å². The molecule has 0 bridgehead atoms. The van der Waals surface area contributed by atoms with Gasteiger partial charge in [0.05, 0.1) is 11.4 Å². The van der Waals surface area contributed by atoms with Crippen LogP contribution in [0.3, 0.4) is 0 Å². The zero-order valence-corrected chi connectivity index (χ0v) is 59.0. The standard InChI is InChI=1S/C54H35NO.C50H33NO/c1-2-13-40(14-3-1)50-35-45-17-8-9-18-48(45)52-49-19-10-20-51(53(49)56-54(50)52)55(46-29-25-38(26-30-46)43-23-21-36-11-4-6-15-41(36)33-43)47-31-27-39(28-32-47)44-24-22-37-12-5-7-16-42(37)34-44;1-3-13-34(14-4-1)35-25-29-40(30-26-35)51(41-31-27-38(28-32-41)43-22-11-19-36-17-7-9-20-42(36)43)47-24-12-23-45-48-44-21-10-8-18-39(44)33-46(50(48)52-49(45)47)37-15-5-2-6-16-37/h1-35H;1-33H. The maximum Gasteiger partial charge on any atom is 0.159 e. The summed E-state index contributed by atoms with van der Waals surface area (Å²) in [5, 5.41) is 16.7. The zero-order chi connectivity index (χ0) is 71.4. The zero-order valence-electron chi connectivity index (χ0n) is 59.0. The lowest BCUT2D eigenvalue weighted by Gasteiger charge is -2.26. The summed E-state index contributed by atoms with van der Waals surface area (Å²) in [6.45, 7) is 0. The first-order valence-electron chi connectivity index (χ1n) is 36.9. The minimum Gasteiger partial charge on any atom is -0.453 e. The van der Waals surface area contributed by atoms with Crippen molar-refractivity contribution in [2.45, 2.75) is 0 Å². The van der Waals surface area contributed by atoms with Crippen LogP contribution in [0, 0.1) is 0 Å². The predicted octanol–water partition coefficient (Wildman–Crippen LogP) is 29.9. The molecule has 0 aliphatic heterocycles. The van der Waals surface area contributed by atoms with E-state index in [1.807, 2.05) is 0 Å². The summed E-state index contributed by atoms with van der Waals surface area (Å²) in [6, 6.07) is 148. The van der Waals surface area contributed by atoms with Gasteiger partial charge < -0.3 is 18.6 Å². The van der Waals surface area contributed by atoms with E-state index in [0.717, 1.165) is 100 Å². The van der Waals surface area contributed by atoms with Gasteiger partial charge in [-0.3, -0.25) is 0 Å². The summed E-state index contributed by atoms with van der Waals surface area (Å²) in [5.41, 5.74) is 23.7. The molecule has 108 heavy (non-hydrogen) atoms. The number of rotatable bonds is 12. The van der Waals surface area contributed by atoms with E-state index < -0.39 is 0 Å². The smallest absolute Gasteiger partial charge is 0.159 e. The maximum atomic E-state index is 7.13. The van der Waals surface area contributed by atoms with Gasteiger partial charge in [0.25, 0.3) is 0 Å². The van der Waals surface area contributed by atoms with E-state index in [9.17, 15) is 0 Å². The summed E-state index contributed by atoms with van der Waals surface area (Å²) in [6.07, 6.45) is 0. The van der Waals surface area contributed by atoms with Crippen LogP contribution in [0.25, 0.3) is 165 Å². The Kier molecular flexibility index (Phi) is 15.9. The van der Waals surface area contributed by atoms with Crippen LogP contribution in [-0.2, 0) is 0 Å². The van der Waals surface area contributed by atoms with E-state index in [4.69, 9.17) is 8.83 Å². The van der Waals surface area contributed by atoms with Gasteiger partial charge in [0.15, 0.2) is 11.2 Å². The second-order valence-corrected chi connectivity index (χ2v) is 27.8. The van der Waals surface area contributed by atoms with E-state index in [0.29, 0.717) is 0 Å². The fourth-order valence-electron chi connectivity index (χ4n) is 16.2. The molecular weight excluding hydrogens is 1310 g/mol. The van der Waals surface area contributed by atoms with Gasteiger partial charge in [-0.15, -0.1) is 0 Å². The first kappa shape index (κ1) is 63.4. The van der Waals surface area contributed by atoms with Crippen LogP contribution in [0.2, 0.25) is 0 Å². The minimum absolute atomic E-state index is 0.855. The number of anilines is 6. The Morgan fingerprint density at radius 2 is 0.454 bits per heavy atom. The van der Waals surface area contributed by atoms with Crippen LogP contribution < -0.4 is 9.80 Å². The number of hydrogen-bond donors (Lipinski definition) is 0. The van der Waals surface area contributed by atoms with E-state index >= 15 is 0 Å². The summed E-state index contributed by atoms with van der Waals surface area (Å²) in [4.78, 5) is 4.67. The van der Waals surface area contributed by atoms with Crippen molar-refractivity contribution in [3.05, 3.63) is 413 Å². The van der Waals surface area contributed by atoms with Gasteiger partial charge in [-0.05, 0) is 194 Å². The third-order valence-corrected chi connectivity index (χ3v) is 21.5. The lowest BCUT2D eigenvalue weighted by atomic mass is 9.96. The van der Waals surface area contributed by atoms with Crippen molar-refractivity contribution in [2.75, 3.05) is 9.80 Å². The highest BCUT2D eigenvalue weighted by Crippen LogP contribution is 2.50. The van der Waals surface area contributed by atoms with Gasteiger partial charge in [0.2, 0.25) is 0 Å². The number of nitrogens with zero attached hydrogens (tertiary/aromatic N) is 2. The Labute approximate surface area is 625 Å². The number of furan rings is 2. The molecule has 0 fully saturated rings. The normalized spacial score (nSPS) is 11.5. The maximum absolute atomic E-state index is 7.13. The highest BCUT2D eigenvalue weighted by molar-refractivity contribution is 6.26. The van der Waals surface area contributed by atoms with E-state index in [1.165, 1.54) is 98.4 Å². The van der Waals surface area contributed by atoms with Crippen LogP contribution in [0.15, 0.2) is 421 Å². The van der Waals surface area contributed by atoms with E-state index in [1.54, 1.807) is 0 Å². The van der Waals surface area contributed by atoms with Crippen molar-refractivity contribution in [1.29, 1.82) is 0 Å². The molecule has 21 aromatic rings. The lowest BCUT2D eigenvalue weighted by Crippen LogP contribution is -2.10. The van der Waals surface area contributed by atoms with Crippen molar-refractivity contribution in [2.24, 2.45) is 0 Å². The van der Waals surface area contributed by atoms with Gasteiger partial charge in [-0.25, -0.2) is 0 Å². The molecule has 0 N–H and O–H groups in total. The number of fused-ring (bicyclic) bond motifs is 13. The first-order chi connectivity index (χ1) is 53.5. The molecule has 4 nitrogen and oxygen atoms in total. The molecule has 506 valence electrons. The van der Waals surface area contributed by atoms with Crippen molar-refractivity contribution >= 4 is 132 Å². The fraction of sp³-hybridized carbons (Fsp3) is 0. The predicted molar refractivity (Wildman–Crippen MR) is 457 cm³/mol. The average molecular weight is 1380 g/mol. The van der Waals surface area contributed by atoms with Gasteiger partial charge in [0, 0.05) is 55.4 Å². The van der Waals surface area contributed by atoms with Gasteiger partial charge in [-0.2, -0.15) is 0 Å². The first-order valence-corrected chi connectivity index (χ1v) is 36.9.